The first kappa shape index (κ1) is 14.2. The molecule has 0 radical (unpaired) electrons. The quantitative estimate of drug-likeness (QED) is 0.911. The predicted molar refractivity (Wildman–Crippen MR) is 69.7 cm³/mol. The van der Waals surface area contributed by atoms with Crippen LogP contribution < -0.4 is 0 Å². The molecule has 1 N–H and O–H groups in total. The molecule has 6 nitrogen and oxygen atoms in total. The highest BCUT2D eigenvalue weighted by molar-refractivity contribution is 7.88. The third kappa shape index (κ3) is 2.85. The number of carboxylic acids is 1. The summed E-state index contributed by atoms with van der Waals surface area (Å²) in [7, 11) is -3.99. The summed E-state index contributed by atoms with van der Waals surface area (Å²) in [4.78, 5) is 11.0. The van der Waals surface area contributed by atoms with Crippen LogP contribution in [0.2, 0.25) is 0 Å². The second kappa shape index (κ2) is 5.04. The smallest absolute Gasteiger partial charge is 0.344 e. The van der Waals surface area contributed by atoms with E-state index in [0.717, 1.165) is 10.5 Å². The summed E-state index contributed by atoms with van der Waals surface area (Å²) in [5, 5.41) is 8.98. The average Bonchev–Trinajstić information content (AvgIpc) is 2.31. The van der Waals surface area contributed by atoms with Gasteiger partial charge < -0.3 is 5.11 Å². The lowest BCUT2D eigenvalue weighted by atomic mass is 10.2. The summed E-state index contributed by atoms with van der Waals surface area (Å²) in [6, 6.07) is 5.39. The van der Waals surface area contributed by atoms with Crippen LogP contribution in [0.15, 0.2) is 40.4 Å². The van der Waals surface area contributed by atoms with Gasteiger partial charge in [0, 0.05) is 6.20 Å². The van der Waals surface area contributed by atoms with Gasteiger partial charge in [-0.1, -0.05) is 12.1 Å². The van der Waals surface area contributed by atoms with Gasteiger partial charge in [-0.15, -0.1) is 4.40 Å². The van der Waals surface area contributed by atoms with E-state index in [-0.39, 0.29) is 17.8 Å². The van der Waals surface area contributed by atoms with Crippen molar-refractivity contribution in [3.8, 4) is 0 Å². The van der Waals surface area contributed by atoms with Crippen molar-refractivity contribution in [2.24, 2.45) is 4.40 Å². The van der Waals surface area contributed by atoms with Crippen molar-refractivity contribution >= 4 is 21.9 Å². The zero-order valence-corrected chi connectivity index (χ0v) is 11.3. The van der Waals surface area contributed by atoms with Gasteiger partial charge in [0.05, 0.1) is 17.8 Å². The van der Waals surface area contributed by atoms with E-state index in [2.05, 4.69) is 4.40 Å². The summed E-state index contributed by atoms with van der Waals surface area (Å²) >= 11 is 0. The number of aliphatic carboxylic acids is 1. The minimum Gasteiger partial charge on any atom is -0.478 e. The Labute approximate surface area is 115 Å². The number of carbonyl (C=O) groups is 1. The first-order valence-corrected chi connectivity index (χ1v) is 6.97. The molecule has 2 rings (SSSR count). The second-order valence-corrected chi connectivity index (χ2v) is 5.72. The maximum atomic E-state index is 13.1. The van der Waals surface area contributed by atoms with E-state index in [1.807, 2.05) is 0 Å². The molecule has 20 heavy (non-hydrogen) atoms. The Hall–Kier alpha value is -2.22. The van der Waals surface area contributed by atoms with Crippen LogP contribution in [0.4, 0.5) is 4.39 Å². The van der Waals surface area contributed by atoms with E-state index < -0.39 is 22.0 Å². The second-order valence-electron chi connectivity index (χ2n) is 4.18. The maximum Gasteiger partial charge on any atom is 0.344 e. The fourth-order valence-electron chi connectivity index (χ4n) is 1.73. The molecule has 0 unspecified atom stereocenters. The standard InChI is InChI=1S/C12H11FN2O4S/c1-8-11(12(16)17)7-15(20(18,19)14-8)6-9-3-2-4-10(13)5-9/h2-5,7H,6H2,1H3,(H,16,17). The Morgan fingerprint density at radius 3 is 2.75 bits per heavy atom. The number of hydrogen-bond donors (Lipinski definition) is 1. The van der Waals surface area contributed by atoms with Gasteiger partial charge in [-0.25, -0.2) is 9.18 Å². The van der Waals surface area contributed by atoms with Crippen LogP contribution in [0.5, 0.6) is 0 Å². The van der Waals surface area contributed by atoms with Crippen LogP contribution >= 0.6 is 0 Å². The maximum absolute atomic E-state index is 13.1. The molecule has 0 fully saturated rings. The molecule has 8 heteroatoms. The molecule has 1 aromatic rings. The van der Waals surface area contributed by atoms with Gasteiger partial charge in [-0.3, -0.25) is 4.31 Å². The number of benzene rings is 1. The van der Waals surface area contributed by atoms with Crippen molar-refractivity contribution in [2.45, 2.75) is 13.5 Å². The summed E-state index contributed by atoms with van der Waals surface area (Å²) < 4.78 is 41.0. The highest BCUT2D eigenvalue weighted by Gasteiger charge is 2.27. The zero-order valence-electron chi connectivity index (χ0n) is 10.4. The lowest BCUT2D eigenvalue weighted by Crippen LogP contribution is -2.31. The van der Waals surface area contributed by atoms with Gasteiger partial charge in [0.2, 0.25) is 0 Å². The molecule has 106 valence electrons. The molecule has 0 aliphatic carbocycles. The number of nitrogens with zero attached hydrogens (tertiary/aromatic N) is 2. The van der Waals surface area contributed by atoms with E-state index in [4.69, 9.17) is 5.11 Å². The van der Waals surface area contributed by atoms with Gasteiger partial charge >= 0.3 is 16.2 Å². The van der Waals surface area contributed by atoms with Crippen LogP contribution in [0, 0.1) is 5.82 Å². The summed E-state index contributed by atoms with van der Waals surface area (Å²) in [5.74, 6) is -1.77. The summed E-state index contributed by atoms with van der Waals surface area (Å²) in [6.07, 6.45) is 0.991. The molecule has 1 heterocycles. The summed E-state index contributed by atoms with van der Waals surface area (Å²) in [6.45, 7) is 1.12. The van der Waals surface area contributed by atoms with E-state index >= 15 is 0 Å². The molecule has 0 amide bonds. The van der Waals surface area contributed by atoms with Crippen molar-refractivity contribution < 1.29 is 22.7 Å². The van der Waals surface area contributed by atoms with Gasteiger partial charge in [-0.05, 0) is 24.6 Å². The number of halogens is 1. The molecule has 0 saturated heterocycles. The van der Waals surface area contributed by atoms with Crippen molar-refractivity contribution in [1.82, 2.24) is 4.31 Å². The highest BCUT2D eigenvalue weighted by Crippen LogP contribution is 2.19. The first-order valence-electron chi connectivity index (χ1n) is 5.58. The highest BCUT2D eigenvalue weighted by atomic mass is 32.2. The SMILES string of the molecule is CC1=NS(=O)(=O)N(Cc2cccc(F)c2)C=C1C(=O)O. The molecular weight excluding hydrogens is 287 g/mol. The van der Waals surface area contributed by atoms with Gasteiger partial charge in [0.25, 0.3) is 0 Å². The number of carboxylic acid groups (broad SMARTS) is 1. The van der Waals surface area contributed by atoms with Crippen LogP contribution in [0.1, 0.15) is 12.5 Å². The molecule has 0 saturated carbocycles. The van der Waals surface area contributed by atoms with Crippen molar-refractivity contribution in [1.29, 1.82) is 0 Å². The van der Waals surface area contributed by atoms with E-state index in [0.29, 0.717) is 5.56 Å². The fourth-order valence-corrected chi connectivity index (χ4v) is 2.83. The Morgan fingerprint density at radius 1 is 1.45 bits per heavy atom. The third-order valence-electron chi connectivity index (χ3n) is 2.67. The Bertz CT molecular complexity index is 725. The molecule has 1 aliphatic rings. The zero-order chi connectivity index (χ0) is 14.9. The predicted octanol–water partition coefficient (Wildman–Crippen LogP) is 1.32. The minimum atomic E-state index is -3.99. The number of hydrogen-bond acceptors (Lipinski definition) is 3. The average molecular weight is 298 g/mol. The number of rotatable bonds is 3. The van der Waals surface area contributed by atoms with Crippen molar-refractivity contribution in [3.05, 3.63) is 47.4 Å². The Morgan fingerprint density at radius 2 is 2.15 bits per heavy atom. The lowest BCUT2D eigenvalue weighted by Gasteiger charge is -2.22. The van der Waals surface area contributed by atoms with Crippen LogP contribution in [-0.4, -0.2) is 29.5 Å². The molecule has 1 aromatic carbocycles. The Kier molecular flexibility index (Phi) is 3.58. The largest absolute Gasteiger partial charge is 0.478 e. The molecular formula is C12H11FN2O4S. The molecule has 0 spiro atoms. The van der Waals surface area contributed by atoms with Crippen molar-refractivity contribution in [2.75, 3.05) is 0 Å². The van der Waals surface area contributed by atoms with Crippen molar-refractivity contribution in [3.63, 3.8) is 0 Å². The minimum absolute atomic E-state index is 0.0898. The van der Waals surface area contributed by atoms with Gasteiger partial charge in [0.1, 0.15) is 5.82 Å². The van der Waals surface area contributed by atoms with Crippen LogP contribution in [-0.2, 0) is 21.5 Å². The van der Waals surface area contributed by atoms with Gasteiger partial charge in [0.15, 0.2) is 0 Å². The molecule has 0 atom stereocenters. The Balaban J connectivity index is 2.37. The van der Waals surface area contributed by atoms with Crippen LogP contribution in [0.25, 0.3) is 0 Å². The topological polar surface area (TPSA) is 87.0 Å². The van der Waals surface area contributed by atoms with E-state index in [1.165, 1.54) is 31.2 Å². The lowest BCUT2D eigenvalue weighted by molar-refractivity contribution is -0.132. The molecule has 0 bridgehead atoms. The molecule has 0 aromatic heterocycles. The van der Waals surface area contributed by atoms with Crippen LogP contribution in [0.3, 0.4) is 0 Å². The normalized spacial score (nSPS) is 17.4. The monoisotopic (exact) mass is 298 g/mol. The summed E-state index contributed by atoms with van der Waals surface area (Å²) in [5.41, 5.74) is 0.0912. The van der Waals surface area contributed by atoms with E-state index in [9.17, 15) is 17.6 Å². The molecule has 1 aliphatic heterocycles. The first-order chi connectivity index (χ1) is 9.29. The van der Waals surface area contributed by atoms with Gasteiger partial charge in [-0.2, -0.15) is 8.42 Å². The third-order valence-corrected chi connectivity index (χ3v) is 4.00. The fraction of sp³-hybridized carbons (Fsp3) is 0.167. The van der Waals surface area contributed by atoms with E-state index in [1.54, 1.807) is 0 Å².